The van der Waals surface area contributed by atoms with Crippen LogP contribution in [0.3, 0.4) is 0 Å². The van der Waals surface area contributed by atoms with Gasteiger partial charge in [0.2, 0.25) is 0 Å². The number of pyridine rings is 1. The van der Waals surface area contributed by atoms with Crippen molar-refractivity contribution < 1.29 is 19.4 Å². The molecule has 0 amide bonds. The average Bonchev–Trinajstić information content (AvgIpc) is 3.05. The standard InChI is InChI=1S/C40H54N4O4/c1-27-16-28(2)18-29(17-27)19-35-21-30(25-44-40(35)41)20-34-22-38(47)39(48-4)23-32(34)10-11-37(46)24-36(45)9-7-5-6-8-33(26-42-3)31-12-14-43-15-13-31/h10-11,16-18,21-23,25,31,33,42-43,47H,5-9,12-15,19-20,24,26H2,1-4H3,(H2,41,44). The van der Waals surface area contributed by atoms with Crippen LogP contribution in [-0.4, -0.2) is 55.4 Å². The number of nitrogens with one attached hydrogen (secondary N) is 2. The third-order valence-electron chi connectivity index (χ3n) is 9.44. The Morgan fingerprint density at radius 2 is 1.75 bits per heavy atom. The smallest absolute Gasteiger partial charge is 0.163 e. The number of phenols is 1. The molecule has 0 bridgehead atoms. The van der Waals surface area contributed by atoms with Crippen molar-refractivity contribution in [3.05, 3.63) is 87.6 Å². The van der Waals surface area contributed by atoms with Crippen LogP contribution in [0.2, 0.25) is 0 Å². The second-order valence-electron chi connectivity index (χ2n) is 13.5. The summed E-state index contributed by atoms with van der Waals surface area (Å²) >= 11 is 0. The van der Waals surface area contributed by atoms with Gasteiger partial charge in [-0.25, -0.2) is 4.98 Å². The highest BCUT2D eigenvalue weighted by Crippen LogP contribution is 2.32. The van der Waals surface area contributed by atoms with Gasteiger partial charge in [-0.15, -0.1) is 0 Å². The maximum atomic E-state index is 12.8. The lowest BCUT2D eigenvalue weighted by molar-refractivity contribution is -0.124. The van der Waals surface area contributed by atoms with Crippen molar-refractivity contribution in [3.8, 4) is 11.5 Å². The minimum Gasteiger partial charge on any atom is -0.504 e. The van der Waals surface area contributed by atoms with E-state index in [0.29, 0.717) is 36.7 Å². The predicted molar refractivity (Wildman–Crippen MR) is 195 cm³/mol. The molecule has 0 saturated carbocycles. The Morgan fingerprint density at radius 3 is 2.46 bits per heavy atom. The van der Waals surface area contributed by atoms with Crippen LogP contribution in [0, 0.1) is 25.7 Å². The van der Waals surface area contributed by atoms with Crippen LogP contribution in [-0.2, 0) is 22.4 Å². The molecular formula is C40H54N4O4. The number of benzene rings is 2. The van der Waals surface area contributed by atoms with E-state index in [1.54, 1.807) is 24.4 Å². The minimum absolute atomic E-state index is 0.0121. The number of carbonyl (C=O) groups is 2. The molecule has 8 nitrogen and oxygen atoms in total. The highest BCUT2D eigenvalue weighted by Gasteiger charge is 2.22. The summed E-state index contributed by atoms with van der Waals surface area (Å²) in [5.74, 6) is 2.01. The molecule has 48 heavy (non-hydrogen) atoms. The van der Waals surface area contributed by atoms with E-state index in [9.17, 15) is 14.7 Å². The Labute approximate surface area is 286 Å². The highest BCUT2D eigenvalue weighted by atomic mass is 16.5. The second kappa shape index (κ2) is 18.5. The van der Waals surface area contributed by atoms with Crippen LogP contribution in [0.4, 0.5) is 5.82 Å². The number of nitrogens with zero attached hydrogens (tertiary/aromatic N) is 1. The first-order chi connectivity index (χ1) is 23.1. The van der Waals surface area contributed by atoms with Crippen LogP contribution in [0.15, 0.2) is 48.7 Å². The van der Waals surface area contributed by atoms with Gasteiger partial charge < -0.3 is 26.2 Å². The molecule has 2 heterocycles. The quantitative estimate of drug-likeness (QED) is 0.0696. The minimum atomic E-state index is -0.233. The van der Waals surface area contributed by atoms with Gasteiger partial charge in [0, 0.05) is 19.0 Å². The first-order valence-electron chi connectivity index (χ1n) is 17.4. The molecule has 1 aliphatic heterocycles. The number of aromatic nitrogens is 1. The van der Waals surface area contributed by atoms with Crippen LogP contribution < -0.4 is 21.1 Å². The lowest BCUT2D eigenvalue weighted by Crippen LogP contribution is -2.35. The number of ketones is 2. The van der Waals surface area contributed by atoms with E-state index in [1.807, 2.05) is 13.1 Å². The number of aryl methyl sites for hydroxylation is 2. The first kappa shape index (κ1) is 36.8. The van der Waals surface area contributed by atoms with Crippen molar-refractivity contribution in [2.45, 2.75) is 78.1 Å². The number of nitrogen functional groups attached to an aromatic ring is 1. The summed E-state index contributed by atoms with van der Waals surface area (Å²) < 4.78 is 5.35. The SMILES string of the molecule is CNCC(CCCCCC(=O)CC(=O)C=Cc1cc(OC)c(O)cc1Cc1cnc(N)c(Cc2cc(C)cc(C)c2)c1)C1CCNCC1. The number of aromatic hydroxyl groups is 1. The number of piperidine rings is 1. The molecule has 0 spiro atoms. The van der Waals surface area contributed by atoms with E-state index >= 15 is 0 Å². The van der Waals surface area contributed by atoms with Gasteiger partial charge >= 0.3 is 0 Å². The van der Waals surface area contributed by atoms with Gasteiger partial charge in [0.15, 0.2) is 17.3 Å². The van der Waals surface area contributed by atoms with Crippen molar-refractivity contribution >= 4 is 23.5 Å². The normalized spacial score (nSPS) is 14.3. The monoisotopic (exact) mass is 654 g/mol. The van der Waals surface area contributed by atoms with Crippen molar-refractivity contribution in [2.75, 3.05) is 39.5 Å². The van der Waals surface area contributed by atoms with Crippen LogP contribution in [0.1, 0.15) is 90.3 Å². The molecule has 5 N–H and O–H groups in total. The van der Waals surface area contributed by atoms with E-state index in [4.69, 9.17) is 10.5 Å². The Balaban J connectivity index is 1.34. The molecule has 1 fully saturated rings. The number of unbranched alkanes of at least 4 members (excludes halogenated alkanes) is 2. The first-order valence-corrected chi connectivity index (χ1v) is 17.4. The lowest BCUT2D eigenvalue weighted by Gasteiger charge is -2.30. The maximum Gasteiger partial charge on any atom is 0.163 e. The zero-order chi connectivity index (χ0) is 34.5. The average molecular weight is 655 g/mol. The van der Waals surface area contributed by atoms with Crippen molar-refractivity contribution in [3.63, 3.8) is 0 Å². The molecule has 4 rings (SSSR count). The van der Waals surface area contributed by atoms with Gasteiger partial charge in [-0.05, 0) is 137 Å². The number of hydrogen-bond acceptors (Lipinski definition) is 8. The molecule has 1 aromatic heterocycles. The maximum absolute atomic E-state index is 12.8. The summed E-state index contributed by atoms with van der Waals surface area (Å²) in [6, 6.07) is 11.9. The van der Waals surface area contributed by atoms with Crippen molar-refractivity contribution in [1.29, 1.82) is 0 Å². The van der Waals surface area contributed by atoms with E-state index < -0.39 is 0 Å². The third-order valence-corrected chi connectivity index (χ3v) is 9.44. The molecule has 8 heteroatoms. The van der Waals surface area contributed by atoms with Gasteiger partial charge in [0.05, 0.1) is 13.5 Å². The molecule has 2 aromatic carbocycles. The number of phenolic OH excluding ortho intramolecular Hbond substituents is 1. The van der Waals surface area contributed by atoms with E-state index in [1.165, 1.54) is 49.1 Å². The summed E-state index contributed by atoms with van der Waals surface area (Å²) in [5, 5.41) is 17.4. The summed E-state index contributed by atoms with van der Waals surface area (Å²) in [4.78, 5) is 29.9. The summed E-state index contributed by atoms with van der Waals surface area (Å²) in [7, 11) is 3.52. The molecule has 0 radical (unpaired) electrons. The van der Waals surface area contributed by atoms with Crippen molar-refractivity contribution in [2.24, 2.45) is 11.8 Å². The Hall–Kier alpha value is -4.01. The second-order valence-corrected chi connectivity index (χ2v) is 13.5. The Bertz CT molecular complexity index is 1540. The number of nitrogens with two attached hydrogens (primary N) is 1. The summed E-state index contributed by atoms with van der Waals surface area (Å²) in [6.45, 7) is 7.43. The topological polar surface area (TPSA) is 127 Å². The number of ether oxygens (including phenoxy) is 1. The molecule has 1 saturated heterocycles. The van der Waals surface area contributed by atoms with Crippen molar-refractivity contribution in [1.82, 2.24) is 15.6 Å². The van der Waals surface area contributed by atoms with Gasteiger partial charge in [-0.2, -0.15) is 0 Å². The third kappa shape index (κ3) is 11.3. The molecule has 1 aliphatic rings. The number of methoxy groups -OCH3 is 1. The van der Waals surface area contributed by atoms with Gasteiger partial charge in [-0.3, -0.25) is 9.59 Å². The molecule has 0 aliphatic carbocycles. The fourth-order valence-corrected chi connectivity index (χ4v) is 7.03. The predicted octanol–water partition coefficient (Wildman–Crippen LogP) is 6.50. The molecular weight excluding hydrogens is 600 g/mol. The Kier molecular flexibility index (Phi) is 14.2. The van der Waals surface area contributed by atoms with E-state index in [-0.39, 0.29) is 23.7 Å². The number of Topliss-reactive ketones (excluding diaryl/α,β-unsaturated/α-hetero) is 1. The lowest BCUT2D eigenvalue weighted by atomic mass is 9.81. The number of rotatable bonds is 18. The fourth-order valence-electron chi connectivity index (χ4n) is 7.03. The molecule has 3 aromatic rings. The van der Waals surface area contributed by atoms with Gasteiger partial charge in [0.1, 0.15) is 11.6 Å². The van der Waals surface area contributed by atoms with E-state index in [2.05, 4.69) is 47.7 Å². The van der Waals surface area contributed by atoms with Crippen LogP contribution in [0.5, 0.6) is 11.5 Å². The van der Waals surface area contributed by atoms with Crippen LogP contribution in [0.25, 0.3) is 6.08 Å². The summed E-state index contributed by atoms with van der Waals surface area (Å²) in [6.07, 6.45) is 12.9. The Morgan fingerprint density at radius 1 is 1.02 bits per heavy atom. The van der Waals surface area contributed by atoms with Crippen LogP contribution >= 0.6 is 0 Å². The fraction of sp³-hybridized carbons (Fsp3) is 0.475. The highest BCUT2D eigenvalue weighted by molar-refractivity contribution is 6.06. The molecule has 1 unspecified atom stereocenters. The summed E-state index contributed by atoms with van der Waals surface area (Å²) in [5.41, 5.74) is 13.2. The number of allylic oxidation sites excluding steroid dienone is 1. The largest absolute Gasteiger partial charge is 0.504 e. The van der Waals surface area contributed by atoms with Gasteiger partial charge in [0.25, 0.3) is 0 Å². The number of hydrogen-bond donors (Lipinski definition) is 4. The van der Waals surface area contributed by atoms with E-state index in [0.717, 1.165) is 67.1 Å². The number of anilines is 1. The molecule has 1 atom stereocenters. The molecule has 258 valence electrons. The van der Waals surface area contributed by atoms with Gasteiger partial charge in [-0.1, -0.05) is 48.2 Å². The zero-order valence-electron chi connectivity index (χ0n) is 29.2. The zero-order valence-corrected chi connectivity index (χ0v) is 29.2. The number of carbonyl (C=O) groups excluding carboxylic acids is 2.